The van der Waals surface area contributed by atoms with E-state index in [1.807, 2.05) is 81.4 Å². The number of nitrogens with zero attached hydrogens (tertiary/aromatic N) is 11. The van der Waals surface area contributed by atoms with Gasteiger partial charge in [-0.15, -0.1) is 0 Å². The number of allylic oxidation sites excluding steroid dienone is 1. The molecule has 6 aromatic carbocycles. The highest BCUT2D eigenvalue weighted by Gasteiger charge is 2.28. The van der Waals surface area contributed by atoms with Crippen molar-refractivity contribution in [1.82, 2.24) is 35.6 Å². The Bertz CT molecular complexity index is 4810. The van der Waals surface area contributed by atoms with Crippen LogP contribution in [0.3, 0.4) is 0 Å². The van der Waals surface area contributed by atoms with E-state index in [1.54, 1.807) is 177 Å². The summed E-state index contributed by atoms with van der Waals surface area (Å²) in [6.07, 6.45) is 0.537. The molecule has 6 rings (SSSR count). The second kappa shape index (κ2) is 74.0. The van der Waals surface area contributed by atoms with Gasteiger partial charge in [0.15, 0.2) is 0 Å². The van der Waals surface area contributed by atoms with E-state index < -0.39 is 64.3 Å². The normalized spacial score (nSPS) is 10.1. The third-order valence-corrected chi connectivity index (χ3v) is 17.6. The molecule has 0 fully saturated rings. The second-order valence-electron chi connectivity index (χ2n) is 32.6. The summed E-state index contributed by atoms with van der Waals surface area (Å²) in [7, 11) is 11.6. The number of methoxy groups -OCH3 is 3. The number of hydrogen-bond acceptors (Lipinski definition) is 25. The number of carboxylic acids is 1. The molecule has 0 spiro atoms. The van der Waals surface area contributed by atoms with E-state index in [0.717, 1.165) is 34.9 Å². The van der Waals surface area contributed by atoms with Crippen LogP contribution in [0.1, 0.15) is 116 Å². The lowest BCUT2D eigenvalue weighted by Crippen LogP contribution is -2.44. The van der Waals surface area contributed by atoms with Crippen molar-refractivity contribution in [3.05, 3.63) is 200 Å². The fourth-order valence-electron chi connectivity index (χ4n) is 9.91. The molecule has 43 heteroatoms. The molecule has 0 saturated heterocycles. The van der Waals surface area contributed by atoms with Crippen LogP contribution >= 0.6 is 81.2 Å². The number of rotatable bonds is 31. The average Bonchev–Trinajstić information content (AvgIpc) is 0.849. The van der Waals surface area contributed by atoms with E-state index in [-0.39, 0.29) is 70.5 Å². The first-order valence-corrected chi connectivity index (χ1v) is 45.2. The molecule has 0 aliphatic rings. The van der Waals surface area contributed by atoms with E-state index in [0.29, 0.717) is 119 Å². The number of ether oxygens (including phenoxy) is 7. The number of alkyl carbamates (subject to hydrolysis) is 2. The lowest BCUT2D eigenvalue weighted by Gasteiger charge is -2.29. The third kappa shape index (κ3) is 70.2. The standard InChI is InChI=1S/C19H28ClN3O5.C17H22ClN3O3.C17H28ClN3O2.C14H20ClN3O3.C9H9ClN2.C8H15NO4.C6H6ClN.C3H3N.C2H3ClO2.CH4/c1-19(2,3)28-18(26)22(4)13-16(24)23(11-7-10-21-17(25)27-5)15-9-6-8-14(20)12-15;1-17(2,3)24-16(23)20(5)12-15(22)21(10-9-19-4)14-8-6-7-13(18)11-14;1-17(2,3)23-16(22)20(4)11-12-21(10-6-9-19)15-8-5-7-14(18)13-15;1-16-10-13(19)18(8-4-7-17-14(20)21-2)12-6-3-5-11(15)9-12;10-8-3-1-4-9(7-8)12-6-2-5-11;1-8(2,3)13-7(12)9(4)5-6(10)11;7-5-2-1-3-6(8)4-5;1-2-3-4;1-5-2(3)4;/h6,8-9,12H,7,10-11,13H2,1-5H3,(H,21,25);6-8,11H,9-10,12H2,1-3,5H3;5,7-8,13H,6,9-12,19H2,1-4H3;3,5-6,9,16H,4,7-8,10H2,1-2H3,(H,17,20);1,3-4,7,12H,2,6H2;5H2,1-4H3,(H,10,11);1-4H,8H2;2H,1H2;1H3;1H4. The molecule has 6 aromatic rings. The Morgan fingerprint density at radius 1 is 0.475 bits per heavy atom. The van der Waals surface area contributed by atoms with Crippen molar-refractivity contribution >= 4 is 181 Å². The molecule has 0 saturated carbocycles. The topological polar surface area (TPSA) is 451 Å². The number of carbonyl (C=O) groups is 11. The third-order valence-electron chi connectivity index (χ3n) is 16.0. The SMILES string of the molecule is C.C=CC#N.CN(CC(=O)O)C(=O)OC(C)(C)C.CN(CCN(CCCN)c1cccc(Cl)c1)C(=O)OC(C)(C)C.CNCC(=O)N(CCCNC(=O)OC)c1cccc(Cl)c1.COC(=O)Cl.COC(=O)NCCCN(C(=O)CN(C)C(=O)OC(C)(C)C)c1cccc(Cl)c1.N#CCCNc1cccc(Cl)c1.Nc1cccc(Cl)c1.[C-]#[N+]CCN(C(=O)CN(C)C(=O)OC(C)(C)C)c1cccc(Cl)c1. The van der Waals surface area contributed by atoms with Gasteiger partial charge in [-0.1, -0.05) is 120 Å². The molecule has 770 valence electrons. The first kappa shape index (κ1) is 133. The highest BCUT2D eigenvalue weighted by atomic mass is 35.5. The van der Waals surface area contributed by atoms with E-state index >= 15 is 0 Å². The number of carbonyl (C=O) groups excluding carboxylic acids is 10. The average molecular weight is 2080 g/mol. The summed E-state index contributed by atoms with van der Waals surface area (Å²) in [6.45, 7) is 36.2. The summed E-state index contributed by atoms with van der Waals surface area (Å²) in [5.41, 5.74) is 12.5. The Morgan fingerprint density at radius 3 is 1.12 bits per heavy atom. The van der Waals surface area contributed by atoms with E-state index in [4.69, 9.17) is 122 Å². The van der Waals surface area contributed by atoms with Crippen LogP contribution in [-0.4, -0.2) is 268 Å². The number of halogens is 7. The van der Waals surface area contributed by atoms with Crippen molar-refractivity contribution in [3.8, 4) is 12.1 Å². The molecule has 0 heterocycles. The van der Waals surface area contributed by atoms with Gasteiger partial charge in [-0.3, -0.25) is 19.2 Å². The summed E-state index contributed by atoms with van der Waals surface area (Å²) >= 11 is 40.0. The molecule has 0 aromatic heterocycles. The number of likely N-dealkylation sites (N-methyl/N-ethyl adjacent to an activating group) is 5. The van der Waals surface area contributed by atoms with Crippen LogP contribution in [-0.2, 0) is 52.3 Å². The monoisotopic (exact) mass is 2080 g/mol. The van der Waals surface area contributed by atoms with Crippen molar-refractivity contribution in [2.24, 2.45) is 5.73 Å². The molecule has 0 bridgehead atoms. The van der Waals surface area contributed by atoms with Crippen molar-refractivity contribution in [3.63, 3.8) is 0 Å². The fraction of sp³-hybridized carbons (Fsp3) is 0.458. The second-order valence-corrected chi connectivity index (χ2v) is 35.5. The highest BCUT2D eigenvalue weighted by Crippen LogP contribution is 2.26. The number of benzene rings is 6. The van der Waals surface area contributed by atoms with Crippen LogP contribution in [0.5, 0.6) is 0 Å². The quantitative estimate of drug-likeness (QED) is 0.00531. The molecule has 9 amide bonds. The zero-order chi connectivity index (χ0) is 106. The number of nitrogen functional groups attached to an aromatic ring is 1. The molecule has 0 radical (unpaired) electrons. The number of carboxylic acid groups (broad SMARTS) is 1. The Labute approximate surface area is 854 Å². The summed E-state index contributed by atoms with van der Waals surface area (Å²) in [6, 6.07) is 46.8. The minimum absolute atomic E-state index is 0. The number of anilines is 6. The number of aliphatic carboxylic acids is 1. The molecule has 0 aliphatic carbocycles. The van der Waals surface area contributed by atoms with Gasteiger partial charge in [0.2, 0.25) is 24.3 Å². The summed E-state index contributed by atoms with van der Waals surface area (Å²) < 4.78 is 33.7. The molecule has 9 N–H and O–H groups in total. The first-order valence-electron chi connectivity index (χ1n) is 42.6. The number of amides is 9. The van der Waals surface area contributed by atoms with Gasteiger partial charge in [-0.05, 0) is 225 Å². The Balaban J connectivity index is -0.000000770. The maximum atomic E-state index is 12.8. The molecular formula is C96H138Cl7N17O19. The van der Waals surface area contributed by atoms with Gasteiger partial charge in [-0.2, -0.15) is 10.5 Å². The van der Waals surface area contributed by atoms with Gasteiger partial charge >= 0.3 is 48.0 Å². The van der Waals surface area contributed by atoms with Gasteiger partial charge in [-0.25, -0.2) is 40.1 Å². The molecule has 36 nitrogen and oxygen atoms in total. The fourth-order valence-corrected chi connectivity index (χ4v) is 11.0. The highest BCUT2D eigenvalue weighted by molar-refractivity contribution is 6.61. The maximum absolute atomic E-state index is 12.8. The number of nitriles is 2. The largest absolute Gasteiger partial charge is 0.480 e. The zero-order valence-corrected chi connectivity index (χ0v) is 87.4. The van der Waals surface area contributed by atoms with Crippen LogP contribution in [0.25, 0.3) is 4.85 Å². The van der Waals surface area contributed by atoms with Crippen molar-refractivity contribution in [1.29, 1.82) is 10.5 Å². The van der Waals surface area contributed by atoms with Crippen LogP contribution in [0, 0.1) is 29.2 Å². The smallest absolute Gasteiger partial charge is 0.410 e. The van der Waals surface area contributed by atoms with E-state index in [2.05, 4.69) is 69.5 Å². The predicted molar refractivity (Wildman–Crippen MR) is 554 cm³/mol. The first-order chi connectivity index (χ1) is 64.5. The summed E-state index contributed by atoms with van der Waals surface area (Å²) in [5.74, 6) is -1.73. The summed E-state index contributed by atoms with van der Waals surface area (Å²) in [5, 5.41) is 38.9. The van der Waals surface area contributed by atoms with Gasteiger partial charge in [0.1, 0.15) is 42.0 Å². The van der Waals surface area contributed by atoms with E-state index in [1.165, 1.54) is 68.1 Å². The number of hydrogen-bond donors (Lipinski definition) is 7. The van der Waals surface area contributed by atoms with Crippen LogP contribution in [0.4, 0.5) is 67.7 Å². The van der Waals surface area contributed by atoms with Gasteiger partial charge in [0, 0.05) is 162 Å². The minimum atomic E-state index is -1.06. The molecular weight excluding hydrogens is 1940 g/mol. The Morgan fingerprint density at radius 2 is 0.813 bits per heavy atom. The summed E-state index contributed by atoms with van der Waals surface area (Å²) in [4.78, 5) is 142. The maximum Gasteiger partial charge on any atom is 0.410 e. The zero-order valence-electron chi connectivity index (χ0n) is 82.1. The van der Waals surface area contributed by atoms with Crippen molar-refractivity contribution in [2.45, 2.75) is 139 Å². The predicted octanol–water partition coefficient (Wildman–Crippen LogP) is 19.6. The lowest BCUT2D eigenvalue weighted by molar-refractivity contribution is -0.138. The van der Waals surface area contributed by atoms with Crippen LogP contribution in [0.2, 0.25) is 30.1 Å². The molecule has 0 aliphatic heterocycles. The van der Waals surface area contributed by atoms with Gasteiger partial charge in [0.05, 0.1) is 53.0 Å². The van der Waals surface area contributed by atoms with Crippen LogP contribution in [0.15, 0.2) is 158 Å². The molecule has 139 heavy (non-hydrogen) atoms. The lowest BCUT2D eigenvalue weighted by atomic mass is 10.2. The Hall–Kier alpha value is -12.2. The van der Waals surface area contributed by atoms with E-state index in [9.17, 15) is 52.7 Å². The molecule has 0 unspecified atom stereocenters. The Kier molecular flexibility index (Phi) is 70.8. The van der Waals surface area contributed by atoms with Gasteiger partial charge in [0.25, 0.3) is 0 Å². The molecule has 0 atom stereocenters. The number of nitrogens with two attached hydrogens (primary N) is 2. The minimum Gasteiger partial charge on any atom is -0.480 e. The van der Waals surface area contributed by atoms with Crippen LogP contribution < -0.4 is 52.3 Å². The number of nitrogens with one attached hydrogen (secondary N) is 4. The van der Waals surface area contributed by atoms with Crippen molar-refractivity contribution in [2.75, 3.05) is 185 Å². The van der Waals surface area contributed by atoms with Gasteiger partial charge < -0.3 is 115 Å². The van der Waals surface area contributed by atoms with Crippen molar-refractivity contribution < 1.29 is 91.0 Å².